The van der Waals surface area contributed by atoms with Gasteiger partial charge in [0.25, 0.3) is 0 Å². The molecule has 0 spiro atoms. The van der Waals surface area contributed by atoms with Crippen LogP contribution in [0.15, 0.2) is 54.3 Å². The number of allylic oxidation sites excluding steroid dienone is 2. The van der Waals surface area contributed by atoms with Crippen LogP contribution >= 0.6 is 0 Å². The first-order valence-corrected chi connectivity index (χ1v) is 15.7. The zero-order valence-corrected chi connectivity index (χ0v) is 26.4. The summed E-state index contributed by atoms with van der Waals surface area (Å²) in [4.78, 5) is 28.8. The summed E-state index contributed by atoms with van der Waals surface area (Å²) in [7, 11) is 1.65. The molecule has 0 aromatic heterocycles. The van der Waals surface area contributed by atoms with Crippen LogP contribution in [0.4, 0.5) is 10.1 Å². The number of amides is 1. The Morgan fingerprint density at radius 2 is 1.82 bits per heavy atom. The molecule has 3 aliphatic rings. The van der Waals surface area contributed by atoms with Crippen LogP contribution < -0.4 is 14.8 Å². The maximum Gasteiger partial charge on any atom is 0.308 e. The second-order valence-corrected chi connectivity index (χ2v) is 11.9. The van der Waals surface area contributed by atoms with Gasteiger partial charge in [-0.1, -0.05) is 32.9 Å². The number of fused-ring (bicyclic) bond motifs is 1. The third kappa shape index (κ3) is 7.17. The van der Waals surface area contributed by atoms with Crippen molar-refractivity contribution in [2.45, 2.75) is 52.0 Å². The van der Waals surface area contributed by atoms with Gasteiger partial charge in [-0.05, 0) is 77.8 Å². The first kappa shape index (κ1) is 32.5. The van der Waals surface area contributed by atoms with E-state index in [2.05, 4.69) is 12.2 Å². The molecule has 2 aromatic carbocycles. The van der Waals surface area contributed by atoms with Gasteiger partial charge in [-0.3, -0.25) is 14.5 Å². The summed E-state index contributed by atoms with van der Waals surface area (Å²) < 4.78 is 36.4. The Morgan fingerprint density at radius 1 is 1.09 bits per heavy atom. The number of benzene rings is 2. The van der Waals surface area contributed by atoms with E-state index in [1.54, 1.807) is 7.11 Å². The summed E-state index contributed by atoms with van der Waals surface area (Å²) in [5.41, 5.74) is 2.91. The number of carboxylic acid groups (broad SMARTS) is 1. The number of halogens is 1. The average Bonchev–Trinajstić information content (AvgIpc) is 3.64. The Morgan fingerprint density at radius 3 is 2.49 bits per heavy atom. The molecule has 0 bridgehead atoms. The van der Waals surface area contributed by atoms with Gasteiger partial charge >= 0.3 is 5.97 Å². The highest BCUT2D eigenvalue weighted by atomic mass is 19.1. The van der Waals surface area contributed by atoms with Gasteiger partial charge in [0.05, 0.1) is 19.1 Å². The molecule has 2 N–H and O–H groups in total. The molecule has 10 heteroatoms. The number of carboxylic acids is 1. The van der Waals surface area contributed by atoms with E-state index in [0.717, 1.165) is 28.9 Å². The lowest BCUT2D eigenvalue weighted by atomic mass is 9.75. The van der Waals surface area contributed by atoms with Crippen LogP contribution in [0.1, 0.15) is 49.8 Å². The quantitative estimate of drug-likeness (QED) is 0.281. The molecular weight excluding hydrogens is 579 g/mol. The molecule has 2 aliphatic heterocycles. The van der Waals surface area contributed by atoms with Gasteiger partial charge < -0.3 is 29.4 Å². The van der Waals surface area contributed by atoms with Crippen LogP contribution in [0.25, 0.3) is 0 Å². The molecule has 1 saturated heterocycles. The van der Waals surface area contributed by atoms with E-state index in [9.17, 15) is 19.1 Å². The van der Waals surface area contributed by atoms with E-state index in [1.807, 2.05) is 55.2 Å². The summed E-state index contributed by atoms with van der Waals surface area (Å²) in [5, 5.41) is 13.8. The molecule has 45 heavy (non-hydrogen) atoms. The molecule has 2 aromatic rings. The summed E-state index contributed by atoms with van der Waals surface area (Å²) in [6, 6.07) is 7.99. The smallest absolute Gasteiger partial charge is 0.308 e. The third-order valence-corrected chi connectivity index (χ3v) is 9.08. The van der Waals surface area contributed by atoms with Crippen molar-refractivity contribution < 1.29 is 38.0 Å². The van der Waals surface area contributed by atoms with Gasteiger partial charge in [0.1, 0.15) is 11.6 Å². The summed E-state index contributed by atoms with van der Waals surface area (Å²) >= 11 is 0. The predicted molar refractivity (Wildman–Crippen MR) is 168 cm³/mol. The number of likely N-dealkylation sites (tertiary alicyclic amines) is 1. The van der Waals surface area contributed by atoms with Crippen molar-refractivity contribution in [2.24, 2.45) is 17.8 Å². The molecule has 1 amide bonds. The first-order valence-electron chi connectivity index (χ1n) is 15.7. The van der Waals surface area contributed by atoms with Gasteiger partial charge in [-0.2, -0.15) is 0 Å². The number of carbonyl (C=O) groups is 2. The molecule has 242 valence electrons. The fourth-order valence-corrected chi connectivity index (χ4v) is 6.91. The summed E-state index contributed by atoms with van der Waals surface area (Å²) in [5.74, 6) is -0.982. The fourth-order valence-electron chi connectivity index (χ4n) is 6.91. The number of aliphatic carboxylic acids is 1. The average molecular weight is 623 g/mol. The largest absolute Gasteiger partial charge is 0.494 e. The lowest BCUT2D eigenvalue weighted by molar-refractivity contribution is -0.144. The standard InChI is InChI=1S/C35H43FN2O7/c1-5-22-15-25(36)16-23(6-2)33(22)37-31(39)19-38-18-28(24-8-11-29-30(17-24)45-20-44-29)32(35(40)41)34(38)27-10-9-26(14-21(27)3)43-13-7-12-42-4/h8-11,14-17,21,27-28,32,34H,5-7,12-13,18-20H2,1-4H3,(H,37,39)(H,40,41)/t21?,27?,28-,32-,34+/m1/s1. The van der Waals surface area contributed by atoms with Gasteiger partial charge in [-0.25, -0.2) is 4.39 Å². The van der Waals surface area contributed by atoms with Gasteiger partial charge in [0, 0.05) is 44.3 Å². The Kier molecular flexibility index (Phi) is 10.5. The maximum atomic E-state index is 14.3. The normalized spacial score (nSPS) is 24.0. The van der Waals surface area contributed by atoms with Crippen LogP contribution in [0.3, 0.4) is 0 Å². The highest BCUT2D eigenvalue weighted by molar-refractivity contribution is 5.94. The highest BCUT2D eigenvalue weighted by Gasteiger charge is 2.51. The Bertz CT molecular complexity index is 1430. The molecule has 0 saturated carbocycles. The number of rotatable bonds is 13. The molecule has 5 atom stereocenters. The van der Waals surface area contributed by atoms with Crippen molar-refractivity contribution in [2.75, 3.05) is 45.5 Å². The minimum Gasteiger partial charge on any atom is -0.494 e. The van der Waals surface area contributed by atoms with Crippen molar-refractivity contribution >= 4 is 17.6 Å². The number of aryl methyl sites for hydroxylation is 2. The van der Waals surface area contributed by atoms with Crippen LogP contribution in [-0.4, -0.2) is 68.1 Å². The fraction of sp³-hybridized carbons (Fsp3) is 0.486. The van der Waals surface area contributed by atoms with Crippen molar-refractivity contribution in [1.82, 2.24) is 4.90 Å². The number of anilines is 1. The van der Waals surface area contributed by atoms with Crippen molar-refractivity contribution in [3.05, 3.63) is 76.8 Å². The highest BCUT2D eigenvalue weighted by Crippen LogP contribution is 2.46. The lowest BCUT2D eigenvalue weighted by Gasteiger charge is -2.36. The summed E-state index contributed by atoms with van der Waals surface area (Å²) in [6.07, 6.45) is 7.84. The monoisotopic (exact) mass is 622 g/mol. The van der Waals surface area contributed by atoms with E-state index in [4.69, 9.17) is 18.9 Å². The number of nitrogens with zero attached hydrogens (tertiary/aromatic N) is 1. The van der Waals surface area contributed by atoms with Crippen molar-refractivity contribution in [1.29, 1.82) is 0 Å². The SMILES string of the molecule is CCc1cc(F)cc(CC)c1NC(=O)CN1C[C@H](c2ccc3c(c2)OCO3)[C@@H](C(=O)O)[C@@H]1C1C=CC(OCCCOC)=CC1C. The second kappa shape index (κ2) is 14.5. The zero-order chi connectivity index (χ0) is 32.1. The Hall–Kier alpha value is -3.89. The number of nitrogens with one attached hydrogen (secondary N) is 1. The predicted octanol–water partition coefficient (Wildman–Crippen LogP) is 5.55. The molecule has 0 radical (unpaired) electrons. The van der Waals surface area contributed by atoms with Gasteiger partial charge in [0.15, 0.2) is 11.5 Å². The molecule has 5 rings (SSSR count). The second-order valence-electron chi connectivity index (χ2n) is 11.9. The van der Waals surface area contributed by atoms with Crippen molar-refractivity contribution in [3.8, 4) is 11.5 Å². The van der Waals surface area contributed by atoms with E-state index < -0.39 is 23.8 Å². The molecule has 2 heterocycles. The Balaban J connectivity index is 1.44. The van der Waals surface area contributed by atoms with Crippen LogP contribution in [0.5, 0.6) is 11.5 Å². The van der Waals surface area contributed by atoms with Crippen LogP contribution in [-0.2, 0) is 31.9 Å². The van der Waals surface area contributed by atoms with Gasteiger partial charge in [-0.15, -0.1) is 0 Å². The minimum absolute atomic E-state index is 0.0136. The van der Waals surface area contributed by atoms with Crippen LogP contribution in [0, 0.1) is 23.6 Å². The molecular formula is C35H43FN2O7. The minimum atomic E-state index is -0.920. The molecule has 2 unspecified atom stereocenters. The maximum absolute atomic E-state index is 14.3. The van der Waals surface area contributed by atoms with Gasteiger partial charge in [0.2, 0.25) is 12.7 Å². The number of hydrogen-bond acceptors (Lipinski definition) is 7. The number of methoxy groups -OCH3 is 1. The van der Waals surface area contributed by atoms with Crippen molar-refractivity contribution in [3.63, 3.8) is 0 Å². The van der Waals surface area contributed by atoms with E-state index in [1.165, 1.54) is 12.1 Å². The third-order valence-electron chi connectivity index (χ3n) is 9.08. The molecule has 1 aliphatic carbocycles. The summed E-state index contributed by atoms with van der Waals surface area (Å²) in [6.45, 7) is 7.49. The lowest BCUT2D eigenvalue weighted by Crippen LogP contribution is -2.46. The van der Waals surface area contributed by atoms with E-state index in [0.29, 0.717) is 49.8 Å². The Labute approximate surface area is 264 Å². The number of ether oxygens (including phenoxy) is 4. The number of hydrogen-bond donors (Lipinski definition) is 2. The van der Waals surface area contributed by atoms with E-state index in [-0.39, 0.29) is 36.9 Å². The first-order chi connectivity index (χ1) is 21.7. The molecule has 9 nitrogen and oxygen atoms in total. The van der Waals surface area contributed by atoms with E-state index >= 15 is 0 Å². The molecule has 1 fully saturated rings. The number of carbonyl (C=O) groups excluding carboxylic acids is 1. The topological polar surface area (TPSA) is 107 Å². The zero-order valence-electron chi connectivity index (χ0n) is 26.4. The van der Waals surface area contributed by atoms with Crippen LogP contribution in [0.2, 0.25) is 0 Å².